The molecule has 0 saturated carbocycles. The van der Waals surface area contributed by atoms with Crippen molar-refractivity contribution < 1.29 is 31.9 Å². The summed E-state index contributed by atoms with van der Waals surface area (Å²) in [6.07, 6.45) is 3.13. The van der Waals surface area contributed by atoms with Crippen LogP contribution in [0.4, 0.5) is 4.39 Å². The van der Waals surface area contributed by atoms with Gasteiger partial charge in [0, 0.05) is 40.6 Å². The van der Waals surface area contributed by atoms with Crippen molar-refractivity contribution >= 4 is 44.7 Å². The molecule has 0 bridgehead atoms. The number of amides is 3. The van der Waals surface area contributed by atoms with E-state index in [0.29, 0.717) is 28.2 Å². The average Bonchev–Trinajstić information content (AvgIpc) is 3.16. The number of ether oxygens (including phenoxy) is 1. The Labute approximate surface area is 212 Å². The number of carbonyl (C=O) groups is 3. The third kappa shape index (κ3) is 4.82. The first-order chi connectivity index (χ1) is 17.0. The zero-order chi connectivity index (χ0) is 26.2. The second kappa shape index (κ2) is 9.94. The van der Waals surface area contributed by atoms with Gasteiger partial charge in [0.1, 0.15) is 23.1 Å². The van der Waals surface area contributed by atoms with Crippen LogP contribution >= 0.6 is 11.8 Å². The highest BCUT2D eigenvalue weighted by atomic mass is 32.2. The predicted molar refractivity (Wildman–Crippen MR) is 132 cm³/mol. The van der Waals surface area contributed by atoms with Gasteiger partial charge in [-0.25, -0.2) is 12.8 Å². The van der Waals surface area contributed by atoms with Crippen molar-refractivity contribution in [1.82, 2.24) is 9.80 Å². The van der Waals surface area contributed by atoms with Gasteiger partial charge in [-0.15, -0.1) is 0 Å². The van der Waals surface area contributed by atoms with Crippen molar-refractivity contribution in [2.24, 2.45) is 5.73 Å². The summed E-state index contributed by atoms with van der Waals surface area (Å²) in [7, 11) is -3.79. The van der Waals surface area contributed by atoms with Gasteiger partial charge in [-0.3, -0.25) is 19.3 Å². The van der Waals surface area contributed by atoms with Crippen LogP contribution in [0.5, 0.6) is 5.75 Å². The van der Waals surface area contributed by atoms with Crippen LogP contribution in [0.25, 0.3) is 4.91 Å². The lowest BCUT2D eigenvalue weighted by Gasteiger charge is -2.22. The van der Waals surface area contributed by atoms with Crippen LogP contribution in [-0.4, -0.2) is 61.2 Å². The zero-order valence-corrected chi connectivity index (χ0v) is 21.2. The molecule has 2 N–H and O–H groups in total. The summed E-state index contributed by atoms with van der Waals surface area (Å²) >= 11 is 1.14. The van der Waals surface area contributed by atoms with E-state index in [1.54, 1.807) is 25.1 Å². The van der Waals surface area contributed by atoms with Crippen LogP contribution < -0.4 is 10.5 Å². The maximum absolute atomic E-state index is 15.0. The summed E-state index contributed by atoms with van der Waals surface area (Å²) in [5.41, 5.74) is 6.93. The molecule has 3 amide bonds. The lowest BCUT2D eigenvalue weighted by atomic mass is 10.0. The van der Waals surface area contributed by atoms with Gasteiger partial charge in [0.15, 0.2) is 15.2 Å². The van der Waals surface area contributed by atoms with E-state index in [1.807, 2.05) is 0 Å². The molecule has 1 atom stereocenters. The number of carbonyl (C=O) groups excluding carboxylic acids is 3. The predicted octanol–water partition coefficient (Wildman–Crippen LogP) is 2.14. The fourth-order valence-corrected chi connectivity index (χ4v) is 5.97. The number of fused-ring (bicyclic) bond motifs is 1. The van der Waals surface area contributed by atoms with E-state index in [4.69, 9.17) is 10.5 Å². The SMILES string of the molecule is CCc1c(C(=O)N2CCOc3ccc(C4=CN(C=O)C(C(N)=O)S4)cc3C2)ccc(S(C)(=O)=O)c1F. The van der Waals surface area contributed by atoms with E-state index < -0.39 is 37.7 Å². The summed E-state index contributed by atoms with van der Waals surface area (Å²) in [5.74, 6) is -1.42. The first-order valence-electron chi connectivity index (χ1n) is 11.0. The number of halogens is 1. The van der Waals surface area contributed by atoms with Crippen LogP contribution in [0.2, 0.25) is 0 Å². The van der Waals surface area contributed by atoms with Gasteiger partial charge in [-0.05, 0) is 36.2 Å². The van der Waals surface area contributed by atoms with Crippen LogP contribution in [0.1, 0.15) is 34.0 Å². The average molecular weight is 534 g/mol. The number of benzene rings is 2. The summed E-state index contributed by atoms with van der Waals surface area (Å²) < 4.78 is 44.7. The molecule has 0 saturated heterocycles. The van der Waals surface area contributed by atoms with E-state index in [-0.39, 0.29) is 37.2 Å². The molecule has 2 aromatic carbocycles. The van der Waals surface area contributed by atoms with E-state index in [0.717, 1.165) is 24.1 Å². The molecule has 1 unspecified atom stereocenters. The topological polar surface area (TPSA) is 127 Å². The highest BCUT2D eigenvalue weighted by Gasteiger charge is 2.31. The number of sulfone groups is 1. The largest absolute Gasteiger partial charge is 0.491 e. The highest BCUT2D eigenvalue weighted by Crippen LogP contribution is 2.40. The number of primary amides is 1. The molecule has 2 aromatic rings. The van der Waals surface area contributed by atoms with Crippen molar-refractivity contribution in [3.8, 4) is 5.75 Å². The zero-order valence-electron chi connectivity index (χ0n) is 19.6. The molecular weight excluding hydrogens is 509 g/mol. The van der Waals surface area contributed by atoms with Crippen LogP contribution in [0, 0.1) is 5.82 Å². The normalized spacial score (nSPS) is 17.6. The van der Waals surface area contributed by atoms with Crippen molar-refractivity contribution in [3.63, 3.8) is 0 Å². The summed E-state index contributed by atoms with van der Waals surface area (Å²) in [6.45, 7) is 2.27. The minimum Gasteiger partial charge on any atom is -0.491 e. The van der Waals surface area contributed by atoms with Crippen LogP contribution in [0.3, 0.4) is 0 Å². The van der Waals surface area contributed by atoms with E-state index in [9.17, 15) is 22.8 Å². The molecule has 0 aromatic heterocycles. The Bertz CT molecular complexity index is 1390. The fourth-order valence-electron chi connectivity index (χ4n) is 4.17. The minimum atomic E-state index is -3.79. The second-order valence-corrected chi connectivity index (χ2v) is 11.5. The summed E-state index contributed by atoms with van der Waals surface area (Å²) in [4.78, 5) is 39.4. The molecule has 0 fully saturated rings. The summed E-state index contributed by atoms with van der Waals surface area (Å²) in [6, 6.07) is 7.81. The number of thioether (sulfide) groups is 1. The number of nitrogens with two attached hydrogens (primary N) is 1. The van der Waals surface area contributed by atoms with E-state index in [2.05, 4.69) is 0 Å². The molecular formula is C24H24FN3O6S2. The van der Waals surface area contributed by atoms with Gasteiger partial charge in [0.25, 0.3) is 11.8 Å². The molecule has 2 aliphatic rings. The number of hydrogen-bond acceptors (Lipinski definition) is 7. The van der Waals surface area contributed by atoms with Crippen LogP contribution in [0.15, 0.2) is 41.4 Å². The molecule has 36 heavy (non-hydrogen) atoms. The highest BCUT2D eigenvalue weighted by molar-refractivity contribution is 8.09. The van der Waals surface area contributed by atoms with Crippen LogP contribution in [-0.2, 0) is 32.4 Å². The van der Waals surface area contributed by atoms with E-state index >= 15 is 4.39 Å². The Hall–Kier alpha value is -3.38. The number of nitrogens with zero attached hydrogens (tertiary/aromatic N) is 2. The molecule has 4 rings (SSSR count). The lowest BCUT2D eigenvalue weighted by molar-refractivity contribution is -0.125. The lowest BCUT2D eigenvalue weighted by Crippen LogP contribution is -2.36. The Morgan fingerprint density at radius 2 is 2.03 bits per heavy atom. The number of rotatable bonds is 6. The molecule has 12 heteroatoms. The molecule has 9 nitrogen and oxygen atoms in total. The maximum Gasteiger partial charge on any atom is 0.254 e. The first-order valence-corrected chi connectivity index (χ1v) is 13.8. The fraction of sp³-hybridized carbons (Fsp3) is 0.292. The number of hydrogen-bond donors (Lipinski definition) is 1. The Morgan fingerprint density at radius 1 is 1.28 bits per heavy atom. The van der Waals surface area contributed by atoms with E-state index in [1.165, 1.54) is 22.1 Å². The van der Waals surface area contributed by atoms with Gasteiger partial charge >= 0.3 is 0 Å². The quantitative estimate of drug-likeness (QED) is 0.564. The van der Waals surface area contributed by atoms with Crippen molar-refractivity contribution in [1.29, 1.82) is 0 Å². The third-order valence-corrected chi connectivity index (χ3v) is 8.35. The standard InChI is InChI=1S/C24H24FN3O6S2/c1-3-16-17(5-7-20(21(16)25)36(2,32)33)23(31)27-8-9-34-18-6-4-14(10-15(18)11-27)19-12-28(13-29)24(35-19)22(26)30/h4-7,10,12-13,24H,3,8-9,11H2,1-2H3,(H2,26,30). The van der Waals surface area contributed by atoms with Crippen molar-refractivity contribution in [2.75, 3.05) is 19.4 Å². The summed E-state index contributed by atoms with van der Waals surface area (Å²) in [5, 5.41) is -0.845. The Kier molecular flexibility index (Phi) is 7.10. The van der Waals surface area contributed by atoms with Crippen molar-refractivity contribution in [2.45, 2.75) is 30.2 Å². The molecule has 0 aliphatic carbocycles. The second-order valence-electron chi connectivity index (χ2n) is 8.35. The van der Waals surface area contributed by atoms with Gasteiger partial charge in [-0.1, -0.05) is 24.8 Å². The molecule has 2 heterocycles. The molecule has 0 spiro atoms. The molecule has 190 valence electrons. The smallest absolute Gasteiger partial charge is 0.254 e. The molecule has 2 aliphatic heterocycles. The maximum atomic E-state index is 15.0. The monoisotopic (exact) mass is 533 g/mol. The van der Waals surface area contributed by atoms with Gasteiger partial charge in [-0.2, -0.15) is 0 Å². The molecule has 0 radical (unpaired) electrons. The minimum absolute atomic E-state index is 0.0426. The first kappa shape index (κ1) is 25.7. The van der Waals surface area contributed by atoms with Gasteiger partial charge < -0.3 is 15.4 Å². The van der Waals surface area contributed by atoms with Gasteiger partial charge in [0.2, 0.25) is 6.41 Å². The van der Waals surface area contributed by atoms with Crippen molar-refractivity contribution in [3.05, 3.63) is 64.6 Å². The third-order valence-electron chi connectivity index (χ3n) is 5.94. The Morgan fingerprint density at radius 3 is 2.64 bits per heavy atom. The van der Waals surface area contributed by atoms with Gasteiger partial charge in [0.05, 0.1) is 6.54 Å². The Balaban J connectivity index is 1.65.